The highest BCUT2D eigenvalue weighted by atomic mass is 19.4. The highest BCUT2D eigenvalue weighted by Crippen LogP contribution is 2.49. The van der Waals surface area contributed by atoms with Crippen molar-refractivity contribution in [2.75, 3.05) is 13.1 Å². The third-order valence-corrected chi connectivity index (χ3v) is 8.54. The maximum absolute atomic E-state index is 13.5. The van der Waals surface area contributed by atoms with Gasteiger partial charge < -0.3 is 9.64 Å². The van der Waals surface area contributed by atoms with Crippen LogP contribution in [0.5, 0.6) is 0 Å². The fraction of sp³-hybridized carbons (Fsp3) is 0.500. The predicted molar refractivity (Wildman–Crippen MR) is 134 cm³/mol. The van der Waals surface area contributed by atoms with E-state index in [0.717, 1.165) is 54.9 Å². The van der Waals surface area contributed by atoms with Crippen molar-refractivity contribution in [1.82, 2.24) is 4.90 Å². The number of rotatable bonds is 5. The molecule has 39 heavy (non-hydrogen) atoms. The van der Waals surface area contributed by atoms with Crippen LogP contribution in [0.15, 0.2) is 54.2 Å². The molecule has 9 heteroatoms. The van der Waals surface area contributed by atoms with Crippen molar-refractivity contribution in [3.63, 3.8) is 0 Å². The number of fused-ring (bicyclic) bond motifs is 1. The Hall–Kier alpha value is -2.81. The smallest absolute Gasteiger partial charge is 0.374 e. The Balaban J connectivity index is 1.46. The number of nitrogens with zero attached hydrogens (tertiary/aromatic N) is 1. The summed E-state index contributed by atoms with van der Waals surface area (Å²) < 4.78 is 87.3. The van der Waals surface area contributed by atoms with Gasteiger partial charge >= 0.3 is 12.4 Å². The first-order chi connectivity index (χ1) is 18.3. The predicted octanol–water partition coefficient (Wildman–Crippen LogP) is 7.85. The van der Waals surface area contributed by atoms with Crippen molar-refractivity contribution >= 4 is 5.78 Å². The highest BCUT2D eigenvalue weighted by molar-refractivity contribution is 5.92. The molecule has 5 atom stereocenters. The van der Waals surface area contributed by atoms with Gasteiger partial charge in [-0.15, -0.1) is 0 Å². The van der Waals surface area contributed by atoms with Crippen LogP contribution in [0.2, 0.25) is 0 Å². The topological polar surface area (TPSA) is 29.5 Å². The van der Waals surface area contributed by atoms with Crippen molar-refractivity contribution < 1.29 is 35.9 Å². The van der Waals surface area contributed by atoms with Crippen LogP contribution < -0.4 is 0 Å². The van der Waals surface area contributed by atoms with E-state index in [1.165, 1.54) is 6.92 Å². The molecule has 3 aliphatic rings. The van der Waals surface area contributed by atoms with Gasteiger partial charge in [0.05, 0.1) is 23.3 Å². The summed E-state index contributed by atoms with van der Waals surface area (Å²) in [6, 6.07) is 9.59. The number of ether oxygens (including phenoxy) is 1. The molecule has 1 saturated heterocycles. The van der Waals surface area contributed by atoms with E-state index in [9.17, 15) is 31.1 Å². The Morgan fingerprint density at radius 2 is 1.59 bits per heavy atom. The van der Waals surface area contributed by atoms with Crippen LogP contribution in [-0.2, 0) is 21.9 Å². The quantitative estimate of drug-likeness (QED) is 0.355. The van der Waals surface area contributed by atoms with Crippen molar-refractivity contribution in [3.8, 4) is 0 Å². The molecule has 1 saturated carbocycles. The first-order valence-corrected chi connectivity index (χ1v) is 13.3. The van der Waals surface area contributed by atoms with E-state index in [0.29, 0.717) is 18.8 Å². The van der Waals surface area contributed by atoms with Gasteiger partial charge in [-0.1, -0.05) is 24.3 Å². The molecule has 1 aliphatic heterocycles. The minimum Gasteiger partial charge on any atom is -0.374 e. The van der Waals surface area contributed by atoms with E-state index in [1.54, 1.807) is 6.08 Å². The van der Waals surface area contributed by atoms with Gasteiger partial charge in [-0.2, -0.15) is 26.3 Å². The first-order valence-electron chi connectivity index (χ1n) is 13.3. The first kappa shape index (κ1) is 27.7. The molecule has 0 radical (unpaired) electrons. The van der Waals surface area contributed by atoms with E-state index in [-0.39, 0.29) is 35.4 Å². The molecule has 0 spiro atoms. The minimum absolute atomic E-state index is 0.0806. The number of ketones is 1. The van der Waals surface area contributed by atoms with E-state index in [1.807, 2.05) is 31.2 Å². The van der Waals surface area contributed by atoms with Gasteiger partial charge in [0.1, 0.15) is 0 Å². The lowest BCUT2D eigenvalue weighted by Crippen LogP contribution is -2.38. The van der Waals surface area contributed by atoms with Gasteiger partial charge in [0.25, 0.3) is 0 Å². The van der Waals surface area contributed by atoms with Crippen molar-refractivity contribution in [2.24, 2.45) is 11.8 Å². The zero-order chi connectivity index (χ0) is 28.1. The zero-order valence-electron chi connectivity index (χ0n) is 21.8. The number of alkyl halides is 6. The lowest BCUT2D eigenvalue weighted by Gasteiger charge is -2.41. The summed E-state index contributed by atoms with van der Waals surface area (Å²) in [6.45, 7) is 5.09. The third kappa shape index (κ3) is 5.74. The Kier molecular flexibility index (Phi) is 7.33. The van der Waals surface area contributed by atoms with Crippen LogP contribution in [0.25, 0.3) is 0 Å². The zero-order valence-corrected chi connectivity index (χ0v) is 21.8. The second-order valence-corrected chi connectivity index (χ2v) is 11.0. The van der Waals surface area contributed by atoms with Crippen LogP contribution in [0.3, 0.4) is 0 Å². The van der Waals surface area contributed by atoms with Crippen LogP contribution in [0.4, 0.5) is 26.3 Å². The molecule has 210 valence electrons. The normalized spacial score (nSPS) is 26.5. The van der Waals surface area contributed by atoms with Gasteiger partial charge in [-0.25, -0.2) is 0 Å². The number of hydrogen-bond acceptors (Lipinski definition) is 3. The van der Waals surface area contributed by atoms with E-state index < -0.39 is 29.6 Å². The van der Waals surface area contributed by atoms with Crippen LogP contribution in [0, 0.1) is 18.8 Å². The maximum Gasteiger partial charge on any atom is 0.416 e. The monoisotopic (exact) mass is 551 g/mol. The van der Waals surface area contributed by atoms with Gasteiger partial charge in [-0.3, -0.25) is 4.79 Å². The molecule has 0 amide bonds. The summed E-state index contributed by atoms with van der Waals surface area (Å²) in [5.74, 6) is 0.584. The molecule has 2 unspecified atom stereocenters. The number of benzene rings is 2. The average Bonchev–Trinajstić information content (AvgIpc) is 3.49. The lowest BCUT2D eigenvalue weighted by molar-refractivity contribution is -0.143. The fourth-order valence-electron chi connectivity index (χ4n) is 6.61. The van der Waals surface area contributed by atoms with Crippen LogP contribution in [-0.4, -0.2) is 29.9 Å². The molecule has 1 heterocycles. The summed E-state index contributed by atoms with van der Waals surface area (Å²) in [5, 5.41) is 0. The molecule has 5 rings (SSSR count). The number of likely N-dealkylation sites (tertiary alicyclic amines) is 1. The van der Waals surface area contributed by atoms with E-state index in [2.05, 4.69) is 4.90 Å². The fourth-order valence-corrected chi connectivity index (χ4v) is 6.61. The highest BCUT2D eigenvalue weighted by Gasteiger charge is 2.47. The Morgan fingerprint density at radius 3 is 2.18 bits per heavy atom. The van der Waals surface area contributed by atoms with Gasteiger partial charge in [0, 0.05) is 37.2 Å². The minimum atomic E-state index is -4.92. The lowest BCUT2D eigenvalue weighted by atomic mass is 9.68. The second-order valence-electron chi connectivity index (χ2n) is 11.0. The van der Waals surface area contributed by atoms with Crippen molar-refractivity contribution in [1.29, 1.82) is 0 Å². The number of hydrogen-bond donors (Lipinski definition) is 0. The molecule has 2 aromatic rings. The summed E-state index contributed by atoms with van der Waals surface area (Å²) in [4.78, 5) is 14.1. The molecule has 2 aliphatic carbocycles. The van der Waals surface area contributed by atoms with E-state index >= 15 is 0 Å². The molecule has 0 N–H and O–H groups in total. The summed E-state index contributed by atoms with van der Waals surface area (Å²) in [7, 11) is 0. The van der Waals surface area contributed by atoms with Gasteiger partial charge in [0.2, 0.25) is 0 Å². The Morgan fingerprint density at radius 1 is 0.923 bits per heavy atom. The number of aryl methyl sites for hydroxylation is 1. The number of halogens is 6. The molecule has 2 aromatic carbocycles. The number of allylic oxidation sites excluding steroid dienone is 2. The standard InChI is InChI=1S/C30H31F6NO2/c1-17-5-3-4-6-25(17)28-26-16-37(23-8-9-24(38)14-23)15-19(26)7-10-27(28)39-18(2)20-11-21(29(31,32)33)13-22(12-20)30(34,35)36/h3-6,11-14,18-19,26-28H,7-10,15-16H2,1-2H3/t18-,19?,26?,27+,28+/m1/s1. The Labute approximate surface area is 223 Å². The second kappa shape index (κ2) is 10.3. The van der Waals surface area contributed by atoms with Crippen molar-refractivity contribution in [3.05, 3.63) is 82.1 Å². The van der Waals surface area contributed by atoms with Gasteiger partial charge in [-0.05, 0) is 79.8 Å². The maximum atomic E-state index is 13.5. The molecule has 0 bridgehead atoms. The summed E-state index contributed by atoms with van der Waals surface area (Å²) in [6.07, 6.45) is -6.76. The Bertz CT molecular complexity index is 1230. The van der Waals surface area contributed by atoms with Crippen LogP contribution in [0.1, 0.15) is 72.4 Å². The molecule has 3 nitrogen and oxygen atoms in total. The molecule has 0 aromatic heterocycles. The van der Waals surface area contributed by atoms with Crippen molar-refractivity contribution in [2.45, 2.75) is 70.0 Å². The van der Waals surface area contributed by atoms with Crippen LogP contribution >= 0.6 is 0 Å². The SMILES string of the molecule is Cc1ccccc1[C@H]1C2CN(C3=CC(=O)CC3)CC2CC[C@@H]1O[C@H](C)c1cc(C(F)(F)F)cc(C(F)(F)F)c1. The van der Waals surface area contributed by atoms with Gasteiger partial charge in [0.15, 0.2) is 5.78 Å². The molecular weight excluding hydrogens is 520 g/mol. The number of carbonyl (C=O) groups is 1. The van der Waals surface area contributed by atoms with E-state index in [4.69, 9.17) is 4.74 Å². The molecule has 2 fully saturated rings. The average molecular weight is 552 g/mol. The molecular formula is C30H31F6NO2. The largest absolute Gasteiger partial charge is 0.416 e. The number of carbonyl (C=O) groups excluding carboxylic acids is 1. The third-order valence-electron chi connectivity index (χ3n) is 8.54. The summed E-state index contributed by atoms with van der Waals surface area (Å²) >= 11 is 0. The summed E-state index contributed by atoms with van der Waals surface area (Å²) in [5.41, 5.74) is 0.373.